The predicted molar refractivity (Wildman–Crippen MR) is 110 cm³/mol. The number of amides is 2. The molecule has 1 aromatic carbocycles. The zero-order chi connectivity index (χ0) is 20.7. The van der Waals surface area contributed by atoms with Crippen molar-refractivity contribution in [1.82, 2.24) is 10.2 Å². The van der Waals surface area contributed by atoms with Gasteiger partial charge in [0, 0.05) is 30.6 Å². The molecule has 6 nitrogen and oxygen atoms in total. The number of carbonyl (C=O) groups excluding carboxylic acids is 2. The molecule has 2 amide bonds. The molecule has 0 saturated carbocycles. The van der Waals surface area contributed by atoms with Crippen LogP contribution >= 0.6 is 23.2 Å². The van der Waals surface area contributed by atoms with Crippen LogP contribution in [0.4, 0.5) is 4.79 Å². The lowest BCUT2D eigenvalue weighted by Gasteiger charge is -2.33. The molecule has 8 heteroatoms. The molecule has 1 N–H and O–H groups in total. The first kappa shape index (κ1) is 22.6. The number of carbonyl (C=O) groups is 2. The Balaban J connectivity index is 1.63. The average molecular weight is 431 g/mol. The lowest BCUT2D eigenvalue weighted by molar-refractivity contribution is -0.122. The first-order valence-electron chi connectivity index (χ1n) is 9.49. The Kier molecular flexibility index (Phi) is 8.25. The maximum Gasteiger partial charge on any atom is 0.410 e. The summed E-state index contributed by atoms with van der Waals surface area (Å²) >= 11 is 11.9. The summed E-state index contributed by atoms with van der Waals surface area (Å²) in [6.07, 6.45) is 2.11. The summed E-state index contributed by atoms with van der Waals surface area (Å²) in [4.78, 5) is 25.9. The Morgan fingerprint density at radius 2 is 1.89 bits per heavy atom. The highest BCUT2D eigenvalue weighted by Gasteiger charge is 2.27. The average Bonchev–Trinajstić information content (AvgIpc) is 2.59. The van der Waals surface area contributed by atoms with Crippen LogP contribution in [0.5, 0.6) is 5.75 Å². The minimum absolute atomic E-state index is 0.0125. The van der Waals surface area contributed by atoms with Gasteiger partial charge in [-0.25, -0.2) is 4.79 Å². The molecular formula is C20H28Cl2N2O4. The van der Waals surface area contributed by atoms with E-state index in [0.29, 0.717) is 48.3 Å². The van der Waals surface area contributed by atoms with Crippen LogP contribution < -0.4 is 10.1 Å². The summed E-state index contributed by atoms with van der Waals surface area (Å²) in [5, 5.41) is 4.03. The van der Waals surface area contributed by atoms with Crippen molar-refractivity contribution in [3.8, 4) is 5.75 Å². The van der Waals surface area contributed by atoms with Crippen molar-refractivity contribution >= 4 is 35.2 Å². The summed E-state index contributed by atoms with van der Waals surface area (Å²) in [6.45, 7) is 7.11. The third kappa shape index (κ3) is 7.76. The monoisotopic (exact) mass is 430 g/mol. The summed E-state index contributed by atoms with van der Waals surface area (Å²) < 4.78 is 11.0. The molecule has 156 valence electrons. The third-order valence-corrected chi connectivity index (χ3v) is 4.74. The normalized spacial score (nSPS) is 15.2. The van der Waals surface area contributed by atoms with Crippen LogP contribution in [0.15, 0.2) is 18.2 Å². The lowest BCUT2D eigenvalue weighted by atomic mass is 10.1. The number of hydrogen-bond donors (Lipinski definition) is 1. The van der Waals surface area contributed by atoms with Crippen molar-refractivity contribution in [3.63, 3.8) is 0 Å². The van der Waals surface area contributed by atoms with Gasteiger partial charge in [0.2, 0.25) is 5.91 Å². The van der Waals surface area contributed by atoms with Gasteiger partial charge < -0.3 is 19.7 Å². The summed E-state index contributed by atoms with van der Waals surface area (Å²) in [5.41, 5.74) is -0.500. The maximum atomic E-state index is 12.1. The number of nitrogens with zero attached hydrogens (tertiary/aromatic N) is 1. The number of nitrogens with one attached hydrogen (secondary N) is 1. The zero-order valence-electron chi connectivity index (χ0n) is 16.6. The van der Waals surface area contributed by atoms with E-state index in [2.05, 4.69) is 5.32 Å². The molecule has 1 aliphatic rings. The van der Waals surface area contributed by atoms with Gasteiger partial charge in [-0.1, -0.05) is 23.2 Å². The molecule has 1 heterocycles. The highest BCUT2D eigenvalue weighted by atomic mass is 35.5. The van der Waals surface area contributed by atoms with Crippen LogP contribution in [-0.2, 0) is 9.53 Å². The van der Waals surface area contributed by atoms with Gasteiger partial charge >= 0.3 is 6.09 Å². The molecule has 0 aliphatic carbocycles. The Morgan fingerprint density at radius 1 is 1.21 bits per heavy atom. The second-order valence-electron chi connectivity index (χ2n) is 7.84. The molecule has 0 atom stereocenters. The number of piperidine rings is 1. The highest BCUT2D eigenvalue weighted by molar-refractivity contribution is 6.35. The van der Waals surface area contributed by atoms with Gasteiger partial charge in [0.15, 0.2) is 0 Å². The maximum absolute atomic E-state index is 12.1. The molecular weight excluding hydrogens is 403 g/mol. The molecule has 1 aromatic rings. The van der Waals surface area contributed by atoms with Crippen molar-refractivity contribution in [2.45, 2.75) is 58.1 Å². The number of ether oxygens (including phenoxy) is 2. The Hall–Kier alpha value is -1.66. The van der Waals surface area contributed by atoms with Gasteiger partial charge in [-0.2, -0.15) is 0 Å². The fraction of sp³-hybridized carbons (Fsp3) is 0.600. The molecule has 1 aliphatic heterocycles. The molecule has 0 spiro atoms. The van der Waals surface area contributed by atoms with Gasteiger partial charge in [-0.15, -0.1) is 0 Å². The predicted octanol–water partition coefficient (Wildman–Crippen LogP) is 4.67. The SMILES string of the molecule is CC(C)(C)OC(=O)N1CCC(NC(=O)CCCOc2ccc(Cl)cc2Cl)CC1. The summed E-state index contributed by atoms with van der Waals surface area (Å²) in [6, 6.07) is 5.12. The topological polar surface area (TPSA) is 67.9 Å². The van der Waals surface area contributed by atoms with Crippen LogP contribution in [-0.4, -0.2) is 48.2 Å². The van der Waals surface area contributed by atoms with E-state index < -0.39 is 5.60 Å². The van der Waals surface area contributed by atoms with Crippen LogP contribution in [0.25, 0.3) is 0 Å². The van der Waals surface area contributed by atoms with Gasteiger partial charge in [0.1, 0.15) is 11.4 Å². The summed E-state index contributed by atoms with van der Waals surface area (Å²) in [7, 11) is 0. The van der Waals surface area contributed by atoms with E-state index in [4.69, 9.17) is 32.7 Å². The zero-order valence-corrected chi connectivity index (χ0v) is 18.1. The van der Waals surface area contributed by atoms with E-state index in [1.54, 1.807) is 23.1 Å². The van der Waals surface area contributed by atoms with E-state index in [1.165, 1.54) is 0 Å². The smallest absolute Gasteiger partial charge is 0.410 e. The number of likely N-dealkylation sites (tertiary alicyclic amines) is 1. The van der Waals surface area contributed by atoms with Crippen molar-refractivity contribution in [3.05, 3.63) is 28.2 Å². The minimum Gasteiger partial charge on any atom is -0.492 e. The van der Waals surface area contributed by atoms with Crippen LogP contribution in [0, 0.1) is 0 Å². The van der Waals surface area contributed by atoms with Crippen molar-refractivity contribution in [2.24, 2.45) is 0 Å². The van der Waals surface area contributed by atoms with Gasteiger partial charge in [-0.05, 0) is 58.2 Å². The second kappa shape index (κ2) is 10.2. The van der Waals surface area contributed by atoms with Gasteiger partial charge in [0.05, 0.1) is 11.6 Å². The fourth-order valence-electron chi connectivity index (χ4n) is 2.84. The molecule has 2 rings (SSSR count). The molecule has 1 fully saturated rings. The Morgan fingerprint density at radius 3 is 2.50 bits per heavy atom. The van der Waals surface area contributed by atoms with Crippen LogP contribution in [0.3, 0.4) is 0 Å². The van der Waals surface area contributed by atoms with Crippen LogP contribution in [0.2, 0.25) is 10.0 Å². The fourth-order valence-corrected chi connectivity index (χ4v) is 3.30. The molecule has 0 aromatic heterocycles. The number of benzene rings is 1. The standard InChI is InChI=1S/C20H28Cl2N2O4/c1-20(2,3)28-19(26)24-10-8-15(9-11-24)23-18(25)5-4-12-27-17-7-6-14(21)13-16(17)22/h6-7,13,15H,4-5,8-12H2,1-3H3,(H,23,25). The lowest BCUT2D eigenvalue weighted by Crippen LogP contribution is -2.47. The van der Waals surface area contributed by atoms with E-state index >= 15 is 0 Å². The first-order valence-corrected chi connectivity index (χ1v) is 10.2. The molecule has 1 saturated heterocycles. The third-order valence-electron chi connectivity index (χ3n) is 4.21. The number of halogens is 2. The van der Waals surface area contributed by atoms with Crippen LogP contribution in [0.1, 0.15) is 46.5 Å². The van der Waals surface area contributed by atoms with E-state index in [-0.39, 0.29) is 18.0 Å². The van der Waals surface area contributed by atoms with E-state index in [9.17, 15) is 9.59 Å². The quantitative estimate of drug-likeness (QED) is 0.665. The molecule has 0 bridgehead atoms. The van der Waals surface area contributed by atoms with Gasteiger partial charge in [0.25, 0.3) is 0 Å². The second-order valence-corrected chi connectivity index (χ2v) is 8.68. The largest absolute Gasteiger partial charge is 0.492 e. The summed E-state index contributed by atoms with van der Waals surface area (Å²) in [5.74, 6) is 0.544. The van der Waals surface area contributed by atoms with E-state index in [1.807, 2.05) is 20.8 Å². The number of rotatable bonds is 6. The van der Waals surface area contributed by atoms with E-state index in [0.717, 1.165) is 12.8 Å². The molecule has 0 radical (unpaired) electrons. The molecule has 0 unspecified atom stereocenters. The number of hydrogen-bond acceptors (Lipinski definition) is 4. The van der Waals surface area contributed by atoms with Crippen molar-refractivity contribution in [2.75, 3.05) is 19.7 Å². The highest BCUT2D eigenvalue weighted by Crippen LogP contribution is 2.27. The minimum atomic E-state index is -0.500. The van der Waals surface area contributed by atoms with Gasteiger partial charge in [-0.3, -0.25) is 4.79 Å². The van der Waals surface area contributed by atoms with Crippen molar-refractivity contribution in [1.29, 1.82) is 0 Å². The Bertz CT molecular complexity index is 683. The molecule has 28 heavy (non-hydrogen) atoms. The van der Waals surface area contributed by atoms with Crippen molar-refractivity contribution < 1.29 is 19.1 Å². The first-order chi connectivity index (χ1) is 13.1. The Labute approximate surface area is 176 Å².